The Hall–Kier alpha value is -1.99. The van der Waals surface area contributed by atoms with E-state index in [2.05, 4.69) is 5.32 Å². The molecule has 1 saturated heterocycles. The molecule has 1 aliphatic rings. The van der Waals surface area contributed by atoms with Crippen LogP contribution >= 0.6 is 0 Å². The summed E-state index contributed by atoms with van der Waals surface area (Å²) in [6, 6.07) is 5.29. The van der Waals surface area contributed by atoms with Crippen LogP contribution in [0.2, 0.25) is 0 Å². The molecule has 1 aromatic rings. The number of nitrogens with one attached hydrogen (secondary N) is 1. The standard InChI is InChI=1S/C18H27FN4O2/c1-12(13(2)20)18(25)23-9-7-22(8-10-23)14(3)17(24)21-16-6-4-5-15(19)11-16/h4-6,11-14H,7-10,20H2,1-3H3,(H,21,24). The van der Waals surface area contributed by atoms with Crippen molar-refractivity contribution in [3.63, 3.8) is 0 Å². The SMILES string of the molecule is CC(N)C(C)C(=O)N1CCN(C(C)C(=O)Nc2cccc(F)c2)CC1. The lowest BCUT2D eigenvalue weighted by molar-refractivity contribution is -0.137. The van der Waals surface area contributed by atoms with Gasteiger partial charge in [0.25, 0.3) is 0 Å². The molecule has 0 aliphatic carbocycles. The monoisotopic (exact) mass is 350 g/mol. The van der Waals surface area contributed by atoms with Crippen molar-refractivity contribution in [1.29, 1.82) is 0 Å². The van der Waals surface area contributed by atoms with Gasteiger partial charge in [-0.25, -0.2) is 4.39 Å². The summed E-state index contributed by atoms with van der Waals surface area (Å²) in [4.78, 5) is 28.5. The normalized spacial score (nSPS) is 19.2. The molecule has 3 atom stereocenters. The molecule has 0 saturated carbocycles. The second-order valence-corrected chi connectivity index (χ2v) is 6.68. The van der Waals surface area contributed by atoms with Gasteiger partial charge in [0.15, 0.2) is 0 Å². The lowest BCUT2D eigenvalue weighted by atomic mass is 10.0. The molecule has 0 spiro atoms. The van der Waals surface area contributed by atoms with E-state index in [9.17, 15) is 14.0 Å². The lowest BCUT2D eigenvalue weighted by Crippen LogP contribution is -2.55. The van der Waals surface area contributed by atoms with E-state index in [4.69, 9.17) is 5.73 Å². The second-order valence-electron chi connectivity index (χ2n) is 6.68. The molecule has 0 radical (unpaired) electrons. The number of nitrogens with zero attached hydrogens (tertiary/aromatic N) is 2. The fraction of sp³-hybridized carbons (Fsp3) is 0.556. The highest BCUT2D eigenvalue weighted by Gasteiger charge is 2.30. The number of carbonyl (C=O) groups excluding carboxylic acids is 2. The predicted octanol–water partition coefficient (Wildman–Crippen LogP) is 1.28. The fourth-order valence-corrected chi connectivity index (χ4v) is 2.82. The Kier molecular flexibility index (Phi) is 6.50. The molecule has 0 aromatic heterocycles. The number of hydrogen-bond acceptors (Lipinski definition) is 4. The lowest BCUT2D eigenvalue weighted by Gasteiger charge is -2.38. The van der Waals surface area contributed by atoms with Gasteiger partial charge in [0.05, 0.1) is 12.0 Å². The summed E-state index contributed by atoms with van der Waals surface area (Å²) in [5.74, 6) is -0.720. The van der Waals surface area contributed by atoms with Crippen LogP contribution in [0.15, 0.2) is 24.3 Å². The summed E-state index contributed by atoms with van der Waals surface area (Å²) in [5.41, 5.74) is 6.25. The first-order valence-electron chi connectivity index (χ1n) is 8.64. The van der Waals surface area contributed by atoms with Gasteiger partial charge >= 0.3 is 0 Å². The topological polar surface area (TPSA) is 78.7 Å². The summed E-state index contributed by atoms with van der Waals surface area (Å²) in [5, 5.41) is 2.73. The maximum atomic E-state index is 13.2. The van der Waals surface area contributed by atoms with E-state index in [0.29, 0.717) is 31.9 Å². The van der Waals surface area contributed by atoms with Gasteiger partial charge in [0.2, 0.25) is 11.8 Å². The van der Waals surface area contributed by atoms with Crippen molar-refractivity contribution in [3.05, 3.63) is 30.1 Å². The van der Waals surface area contributed by atoms with Gasteiger partial charge in [0, 0.05) is 37.9 Å². The Morgan fingerprint density at radius 1 is 1.16 bits per heavy atom. The van der Waals surface area contributed by atoms with Crippen LogP contribution in [-0.2, 0) is 9.59 Å². The van der Waals surface area contributed by atoms with Crippen molar-refractivity contribution in [2.45, 2.75) is 32.9 Å². The highest BCUT2D eigenvalue weighted by molar-refractivity contribution is 5.94. The molecule has 2 amide bonds. The maximum absolute atomic E-state index is 13.2. The summed E-state index contributed by atoms with van der Waals surface area (Å²) >= 11 is 0. The first-order chi connectivity index (χ1) is 11.8. The molecule has 1 fully saturated rings. The van der Waals surface area contributed by atoms with Crippen LogP contribution in [-0.4, -0.2) is 59.9 Å². The predicted molar refractivity (Wildman–Crippen MR) is 95.5 cm³/mol. The molecule has 2 rings (SSSR count). The van der Waals surface area contributed by atoms with Gasteiger partial charge in [-0.2, -0.15) is 0 Å². The van der Waals surface area contributed by atoms with Crippen LogP contribution in [0.5, 0.6) is 0 Å². The van der Waals surface area contributed by atoms with E-state index in [0.717, 1.165) is 0 Å². The van der Waals surface area contributed by atoms with Crippen molar-refractivity contribution in [2.24, 2.45) is 11.7 Å². The molecule has 0 bridgehead atoms. The Bertz CT molecular complexity index is 615. The molecule has 3 N–H and O–H groups in total. The average molecular weight is 350 g/mol. The number of rotatable bonds is 5. The van der Waals surface area contributed by atoms with E-state index < -0.39 is 0 Å². The maximum Gasteiger partial charge on any atom is 0.241 e. The van der Waals surface area contributed by atoms with Crippen LogP contribution in [0.3, 0.4) is 0 Å². The highest BCUT2D eigenvalue weighted by Crippen LogP contribution is 2.14. The quantitative estimate of drug-likeness (QED) is 0.838. The van der Waals surface area contributed by atoms with Crippen LogP contribution in [0, 0.1) is 11.7 Å². The summed E-state index contributed by atoms with van der Waals surface area (Å²) in [7, 11) is 0. The number of carbonyl (C=O) groups is 2. The first kappa shape index (κ1) is 19.3. The van der Waals surface area contributed by atoms with Gasteiger partial charge in [-0.05, 0) is 32.0 Å². The second kappa shape index (κ2) is 8.40. The summed E-state index contributed by atoms with van der Waals surface area (Å²) in [6.45, 7) is 7.88. The average Bonchev–Trinajstić information content (AvgIpc) is 2.59. The third kappa shape index (κ3) is 4.99. The van der Waals surface area contributed by atoms with Gasteiger partial charge in [-0.15, -0.1) is 0 Å². The Balaban J connectivity index is 1.87. The molecule has 7 heteroatoms. The van der Waals surface area contributed by atoms with Gasteiger partial charge < -0.3 is 16.0 Å². The zero-order chi connectivity index (χ0) is 18.6. The fourth-order valence-electron chi connectivity index (χ4n) is 2.82. The van der Waals surface area contributed by atoms with E-state index in [1.165, 1.54) is 12.1 Å². The van der Waals surface area contributed by atoms with E-state index in [-0.39, 0.29) is 35.6 Å². The van der Waals surface area contributed by atoms with E-state index in [1.54, 1.807) is 12.1 Å². The Morgan fingerprint density at radius 2 is 1.80 bits per heavy atom. The number of hydrogen-bond donors (Lipinski definition) is 2. The Labute approximate surface area is 148 Å². The van der Waals surface area contributed by atoms with E-state index >= 15 is 0 Å². The minimum absolute atomic E-state index is 0.0616. The number of amides is 2. The van der Waals surface area contributed by atoms with Crippen molar-refractivity contribution < 1.29 is 14.0 Å². The van der Waals surface area contributed by atoms with Crippen LogP contribution < -0.4 is 11.1 Å². The number of benzene rings is 1. The minimum Gasteiger partial charge on any atom is -0.340 e. The van der Waals surface area contributed by atoms with E-state index in [1.807, 2.05) is 30.6 Å². The minimum atomic E-state index is -0.388. The number of piperazine rings is 1. The molecule has 1 heterocycles. The zero-order valence-electron chi connectivity index (χ0n) is 15.0. The molecule has 3 unspecified atom stereocenters. The number of anilines is 1. The summed E-state index contributed by atoms with van der Waals surface area (Å²) in [6.07, 6.45) is 0. The molecule has 6 nitrogen and oxygen atoms in total. The molecular formula is C18H27FN4O2. The van der Waals surface area contributed by atoms with Crippen molar-refractivity contribution in [2.75, 3.05) is 31.5 Å². The van der Waals surface area contributed by atoms with Gasteiger partial charge in [0.1, 0.15) is 5.82 Å². The first-order valence-corrected chi connectivity index (χ1v) is 8.64. The molecule has 1 aliphatic heterocycles. The third-order valence-corrected chi connectivity index (χ3v) is 4.82. The van der Waals surface area contributed by atoms with Crippen LogP contribution in [0.1, 0.15) is 20.8 Å². The molecular weight excluding hydrogens is 323 g/mol. The Morgan fingerprint density at radius 3 is 2.36 bits per heavy atom. The number of halogens is 1. The number of nitrogens with two attached hydrogens (primary N) is 1. The smallest absolute Gasteiger partial charge is 0.241 e. The molecule has 25 heavy (non-hydrogen) atoms. The van der Waals surface area contributed by atoms with Crippen molar-refractivity contribution in [3.8, 4) is 0 Å². The van der Waals surface area contributed by atoms with Crippen molar-refractivity contribution >= 4 is 17.5 Å². The molecule has 138 valence electrons. The van der Waals surface area contributed by atoms with Gasteiger partial charge in [-0.1, -0.05) is 13.0 Å². The van der Waals surface area contributed by atoms with Gasteiger partial charge in [-0.3, -0.25) is 14.5 Å². The summed E-state index contributed by atoms with van der Waals surface area (Å²) < 4.78 is 13.2. The molecule has 1 aromatic carbocycles. The third-order valence-electron chi connectivity index (χ3n) is 4.82. The van der Waals surface area contributed by atoms with Crippen LogP contribution in [0.25, 0.3) is 0 Å². The van der Waals surface area contributed by atoms with Crippen molar-refractivity contribution in [1.82, 2.24) is 9.80 Å². The highest BCUT2D eigenvalue weighted by atomic mass is 19.1. The van der Waals surface area contributed by atoms with Crippen LogP contribution in [0.4, 0.5) is 10.1 Å². The zero-order valence-corrected chi connectivity index (χ0v) is 15.0. The largest absolute Gasteiger partial charge is 0.340 e.